The van der Waals surface area contributed by atoms with Crippen LogP contribution >= 0.6 is 0 Å². The molecule has 0 unspecified atom stereocenters. The number of pyridine rings is 1. The highest BCUT2D eigenvalue weighted by Crippen LogP contribution is 2.34. The number of halogens is 4. The number of aryl methyl sites for hydroxylation is 1. The van der Waals surface area contributed by atoms with E-state index in [2.05, 4.69) is 5.10 Å². The Hall–Kier alpha value is -2.37. The molecule has 0 aliphatic rings. The molecule has 0 radical (unpaired) electrons. The summed E-state index contributed by atoms with van der Waals surface area (Å²) in [7, 11) is 0. The van der Waals surface area contributed by atoms with E-state index in [4.69, 9.17) is 0 Å². The Morgan fingerprint density at radius 3 is 2.48 bits per heavy atom. The van der Waals surface area contributed by atoms with Crippen molar-refractivity contribution in [2.75, 3.05) is 0 Å². The lowest BCUT2D eigenvalue weighted by Crippen LogP contribution is -2.05. The van der Waals surface area contributed by atoms with E-state index >= 15 is 0 Å². The zero-order valence-corrected chi connectivity index (χ0v) is 10.9. The zero-order chi connectivity index (χ0) is 15.2. The fraction of sp³-hybridized carbons (Fsp3) is 0.133. The summed E-state index contributed by atoms with van der Waals surface area (Å²) in [6.45, 7) is 1.64. The Kier molecular flexibility index (Phi) is 2.97. The Balaban J connectivity index is 2.32. The van der Waals surface area contributed by atoms with Gasteiger partial charge in [-0.3, -0.25) is 0 Å². The van der Waals surface area contributed by atoms with Crippen LogP contribution < -0.4 is 0 Å². The molecule has 0 spiro atoms. The lowest BCUT2D eigenvalue weighted by molar-refractivity contribution is -0.137. The number of rotatable bonds is 1. The summed E-state index contributed by atoms with van der Waals surface area (Å²) in [6, 6.07) is 7.90. The fourth-order valence-corrected chi connectivity index (χ4v) is 2.34. The van der Waals surface area contributed by atoms with Crippen molar-refractivity contribution in [3.05, 3.63) is 59.7 Å². The van der Waals surface area contributed by atoms with Crippen LogP contribution in [0.15, 0.2) is 42.6 Å². The van der Waals surface area contributed by atoms with E-state index in [1.54, 1.807) is 13.0 Å². The highest BCUT2D eigenvalue weighted by atomic mass is 19.4. The fourth-order valence-electron chi connectivity index (χ4n) is 2.34. The lowest BCUT2D eigenvalue weighted by atomic mass is 10.0. The van der Waals surface area contributed by atoms with E-state index in [0.29, 0.717) is 11.3 Å². The average molecular weight is 294 g/mol. The first-order valence-electron chi connectivity index (χ1n) is 6.19. The molecule has 6 heteroatoms. The van der Waals surface area contributed by atoms with E-state index in [1.807, 2.05) is 0 Å². The number of alkyl halides is 3. The molecule has 0 amide bonds. The maximum absolute atomic E-state index is 13.9. The first-order valence-corrected chi connectivity index (χ1v) is 6.19. The van der Waals surface area contributed by atoms with E-state index in [-0.39, 0.29) is 11.1 Å². The summed E-state index contributed by atoms with van der Waals surface area (Å²) in [5.74, 6) is -0.493. The number of hydrogen-bond acceptors (Lipinski definition) is 1. The lowest BCUT2D eigenvalue weighted by Gasteiger charge is -2.07. The Morgan fingerprint density at radius 2 is 1.81 bits per heavy atom. The van der Waals surface area contributed by atoms with Gasteiger partial charge in [-0.1, -0.05) is 18.2 Å². The van der Waals surface area contributed by atoms with Gasteiger partial charge in [0.1, 0.15) is 5.82 Å². The van der Waals surface area contributed by atoms with Crippen LogP contribution in [-0.4, -0.2) is 9.61 Å². The second-order valence-corrected chi connectivity index (χ2v) is 4.68. The number of hydrogen-bond donors (Lipinski definition) is 0. The van der Waals surface area contributed by atoms with Crippen LogP contribution in [0.2, 0.25) is 0 Å². The normalized spacial score (nSPS) is 12.0. The van der Waals surface area contributed by atoms with Crippen molar-refractivity contribution in [1.82, 2.24) is 9.61 Å². The maximum Gasteiger partial charge on any atom is 0.416 e. The Morgan fingerprint density at radius 1 is 1.10 bits per heavy atom. The molecule has 108 valence electrons. The molecule has 1 aromatic carbocycles. The van der Waals surface area contributed by atoms with Crippen LogP contribution in [0.25, 0.3) is 16.6 Å². The molecule has 0 aliphatic heterocycles. The van der Waals surface area contributed by atoms with Crippen molar-refractivity contribution >= 4 is 5.52 Å². The van der Waals surface area contributed by atoms with E-state index < -0.39 is 17.6 Å². The highest BCUT2D eigenvalue weighted by molar-refractivity contribution is 5.83. The third-order valence-corrected chi connectivity index (χ3v) is 3.28. The topological polar surface area (TPSA) is 17.3 Å². The summed E-state index contributed by atoms with van der Waals surface area (Å²) in [5.41, 5.74) is 0.530. The smallest absolute Gasteiger partial charge is 0.240 e. The third-order valence-electron chi connectivity index (χ3n) is 3.28. The largest absolute Gasteiger partial charge is 0.416 e. The molecule has 0 fully saturated rings. The second kappa shape index (κ2) is 4.58. The Labute approximate surface area is 117 Å². The zero-order valence-electron chi connectivity index (χ0n) is 10.9. The van der Waals surface area contributed by atoms with Crippen molar-refractivity contribution < 1.29 is 17.6 Å². The van der Waals surface area contributed by atoms with Crippen LogP contribution in [-0.2, 0) is 6.18 Å². The van der Waals surface area contributed by atoms with Gasteiger partial charge in [0.05, 0.1) is 16.8 Å². The van der Waals surface area contributed by atoms with Crippen molar-refractivity contribution in [3.63, 3.8) is 0 Å². The molecule has 0 bridgehead atoms. The quantitative estimate of drug-likeness (QED) is 0.605. The minimum absolute atomic E-state index is 0.229. The Bertz CT molecular complexity index is 818. The minimum atomic E-state index is -4.45. The molecular formula is C15H10F4N2. The molecule has 21 heavy (non-hydrogen) atoms. The summed E-state index contributed by atoms with van der Waals surface area (Å²) in [4.78, 5) is 0. The van der Waals surface area contributed by atoms with E-state index in [0.717, 1.165) is 12.1 Å². The molecule has 0 aliphatic carbocycles. The van der Waals surface area contributed by atoms with Crippen molar-refractivity contribution in [2.45, 2.75) is 13.1 Å². The predicted molar refractivity (Wildman–Crippen MR) is 70.3 cm³/mol. The first-order chi connectivity index (χ1) is 9.88. The monoisotopic (exact) mass is 294 g/mol. The van der Waals surface area contributed by atoms with Crippen molar-refractivity contribution in [3.8, 4) is 11.1 Å². The summed E-state index contributed by atoms with van der Waals surface area (Å²) >= 11 is 0. The van der Waals surface area contributed by atoms with Gasteiger partial charge in [0.15, 0.2) is 0 Å². The van der Waals surface area contributed by atoms with Crippen molar-refractivity contribution in [1.29, 1.82) is 0 Å². The number of benzene rings is 1. The number of fused-ring (bicyclic) bond motifs is 1. The van der Waals surface area contributed by atoms with Crippen LogP contribution in [0.1, 0.15) is 11.3 Å². The minimum Gasteiger partial charge on any atom is -0.240 e. The molecule has 0 saturated carbocycles. The highest BCUT2D eigenvalue weighted by Gasteiger charge is 2.31. The molecule has 0 atom stereocenters. The molecular weight excluding hydrogens is 284 g/mol. The average Bonchev–Trinajstić information content (AvgIpc) is 2.73. The summed E-state index contributed by atoms with van der Waals surface area (Å²) in [5, 5.41) is 4.14. The SMILES string of the molecule is Cc1nn2ccc(C(F)(F)F)cc2c1-c1ccccc1F. The third kappa shape index (κ3) is 2.26. The van der Waals surface area contributed by atoms with Gasteiger partial charge in [0.2, 0.25) is 0 Å². The standard InChI is InChI=1S/C15H10F4N2/c1-9-14(11-4-2-3-5-12(11)16)13-8-10(15(17,18)19)6-7-21(13)20-9/h2-8H,1H3. The van der Waals surface area contributed by atoms with Gasteiger partial charge in [-0.2, -0.15) is 18.3 Å². The van der Waals surface area contributed by atoms with Gasteiger partial charge in [-0.15, -0.1) is 0 Å². The summed E-state index contributed by atoms with van der Waals surface area (Å²) < 4.78 is 53.8. The van der Waals surface area contributed by atoms with E-state index in [9.17, 15) is 17.6 Å². The maximum atomic E-state index is 13.9. The predicted octanol–water partition coefficient (Wildman–Crippen LogP) is 4.47. The van der Waals surface area contributed by atoms with Crippen LogP contribution in [0.3, 0.4) is 0 Å². The van der Waals surface area contributed by atoms with Crippen LogP contribution in [0.4, 0.5) is 17.6 Å². The van der Waals surface area contributed by atoms with Gasteiger partial charge in [-0.25, -0.2) is 8.91 Å². The molecule has 2 aromatic heterocycles. The van der Waals surface area contributed by atoms with Gasteiger partial charge in [0.25, 0.3) is 0 Å². The molecule has 0 N–H and O–H groups in total. The van der Waals surface area contributed by atoms with Crippen molar-refractivity contribution in [2.24, 2.45) is 0 Å². The van der Waals surface area contributed by atoms with Gasteiger partial charge >= 0.3 is 6.18 Å². The second-order valence-electron chi connectivity index (χ2n) is 4.68. The molecule has 3 aromatic rings. The van der Waals surface area contributed by atoms with Gasteiger partial charge in [0, 0.05) is 17.3 Å². The number of nitrogens with zero attached hydrogens (tertiary/aromatic N) is 2. The molecule has 3 rings (SSSR count). The molecule has 0 saturated heterocycles. The van der Waals surface area contributed by atoms with Gasteiger partial charge < -0.3 is 0 Å². The summed E-state index contributed by atoms with van der Waals surface area (Å²) in [6.07, 6.45) is -3.22. The first kappa shape index (κ1) is 13.6. The van der Waals surface area contributed by atoms with Crippen LogP contribution in [0.5, 0.6) is 0 Å². The molecule has 2 nitrogen and oxygen atoms in total. The molecule has 2 heterocycles. The number of aromatic nitrogens is 2. The van der Waals surface area contributed by atoms with Gasteiger partial charge in [-0.05, 0) is 25.1 Å². The van der Waals surface area contributed by atoms with E-state index in [1.165, 1.54) is 28.9 Å². The van der Waals surface area contributed by atoms with Crippen LogP contribution in [0, 0.1) is 12.7 Å².